The number of carbonyl (C=O) groups is 2. The number of hydrogen-bond donors (Lipinski definition) is 0. The maximum atomic E-state index is 12.1. The third-order valence-corrected chi connectivity index (χ3v) is 3.41. The third-order valence-electron chi connectivity index (χ3n) is 2.51. The first-order valence-electron chi connectivity index (χ1n) is 4.90. The van der Waals surface area contributed by atoms with Gasteiger partial charge in [-0.3, -0.25) is 9.59 Å². The summed E-state index contributed by atoms with van der Waals surface area (Å²) in [5.41, 5.74) is 0.763. The van der Waals surface area contributed by atoms with Gasteiger partial charge >= 0.3 is 0 Å². The number of halogens is 1. The molecule has 0 spiro atoms. The number of hydrogen-bond acceptors (Lipinski definition) is 2. The lowest BCUT2D eigenvalue weighted by molar-refractivity contribution is -0.128. The standard InChI is InChI=1S/C12H14BrNO2/c1-9(15)12(2,13)11(16)14(3)10-7-5-4-6-8-10/h4-8H,1-3H3. The van der Waals surface area contributed by atoms with Crippen LogP contribution >= 0.6 is 15.9 Å². The van der Waals surface area contributed by atoms with E-state index in [0.29, 0.717) is 0 Å². The summed E-state index contributed by atoms with van der Waals surface area (Å²) >= 11 is 3.17. The van der Waals surface area contributed by atoms with Crippen LogP contribution in [0.3, 0.4) is 0 Å². The second kappa shape index (κ2) is 4.78. The Labute approximate surface area is 104 Å². The van der Waals surface area contributed by atoms with Crippen LogP contribution in [0.25, 0.3) is 0 Å². The second-order valence-corrected chi connectivity index (χ2v) is 5.34. The first kappa shape index (κ1) is 12.9. The summed E-state index contributed by atoms with van der Waals surface area (Å²) < 4.78 is -1.16. The zero-order valence-electron chi connectivity index (χ0n) is 9.53. The molecule has 3 nitrogen and oxygen atoms in total. The summed E-state index contributed by atoms with van der Waals surface area (Å²) in [4.78, 5) is 24.9. The van der Waals surface area contributed by atoms with Crippen molar-refractivity contribution in [3.05, 3.63) is 30.3 Å². The fourth-order valence-electron chi connectivity index (χ4n) is 1.23. The van der Waals surface area contributed by atoms with E-state index in [4.69, 9.17) is 0 Å². The largest absolute Gasteiger partial charge is 0.314 e. The van der Waals surface area contributed by atoms with Crippen molar-refractivity contribution in [1.82, 2.24) is 0 Å². The summed E-state index contributed by atoms with van der Waals surface area (Å²) in [6.45, 7) is 2.96. The fraction of sp³-hybridized carbons (Fsp3) is 0.333. The number of rotatable bonds is 3. The first-order chi connectivity index (χ1) is 7.37. The monoisotopic (exact) mass is 283 g/mol. The quantitative estimate of drug-likeness (QED) is 0.631. The van der Waals surface area contributed by atoms with Crippen LogP contribution in [0.5, 0.6) is 0 Å². The Balaban J connectivity index is 2.96. The number of para-hydroxylation sites is 1. The zero-order valence-corrected chi connectivity index (χ0v) is 11.1. The Morgan fingerprint density at radius 1 is 1.25 bits per heavy atom. The molecule has 1 unspecified atom stereocenters. The van der Waals surface area contributed by atoms with Crippen LogP contribution in [-0.4, -0.2) is 23.1 Å². The molecule has 0 aliphatic heterocycles. The first-order valence-corrected chi connectivity index (χ1v) is 5.70. The van der Waals surface area contributed by atoms with Crippen LogP contribution in [0, 0.1) is 0 Å². The van der Waals surface area contributed by atoms with Gasteiger partial charge in [-0.15, -0.1) is 0 Å². The van der Waals surface area contributed by atoms with E-state index in [1.807, 2.05) is 30.3 Å². The molecule has 1 rings (SSSR count). The normalized spacial score (nSPS) is 14.0. The van der Waals surface area contributed by atoms with E-state index in [2.05, 4.69) is 15.9 Å². The predicted molar refractivity (Wildman–Crippen MR) is 67.9 cm³/mol. The molecule has 1 aromatic carbocycles. The topological polar surface area (TPSA) is 37.4 Å². The van der Waals surface area contributed by atoms with Gasteiger partial charge in [-0.1, -0.05) is 34.1 Å². The van der Waals surface area contributed by atoms with Gasteiger partial charge in [0.15, 0.2) is 10.1 Å². The molecule has 0 bridgehead atoms. The molecule has 4 heteroatoms. The molecule has 0 aliphatic carbocycles. The Bertz CT molecular complexity index is 401. The molecule has 0 N–H and O–H groups in total. The van der Waals surface area contributed by atoms with E-state index in [-0.39, 0.29) is 11.7 Å². The SMILES string of the molecule is CC(=O)C(C)(Br)C(=O)N(C)c1ccccc1. The van der Waals surface area contributed by atoms with Gasteiger partial charge < -0.3 is 4.90 Å². The summed E-state index contributed by atoms with van der Waals surface area (Å²) in [5, 5.41) is 0. The molecule has 0 radical (unpaired) electrons. The molecular weight excluding hydrogens is 270 g/mol. The van der Waals surface area contributed by atoms with Gasteiger partial charge in [0, 0.05) is 12.7 Å². The maximum Gasteiger partial charge on any atom is 0.250 e. The summed E-state index contributed by atoms with van der Waals surface area (Å²) in [6, 6.07) is 9.21. The molecule has 0 heterocycles. The number of Topliss-reactive ketones (excluding diaryl/α,β-unsaturated/α-hetero) is 1. The van der Waals surface area contributed by atoms with Crippen LogP contribution in [0.15, 0.2) is 30.3 Å². The Morgan fingerprint density at radius 3 is 2.19 bits per heavy atom. The van der Waals surface area contributed by atoms with Crippen molar-refractivity contribution in [3.8, 4) is 0 Å². The van der Waals surface area contributed by atoms with E-state index in [1.165, 1.54) is 11.8 Å². The minimum absolute atomic E-state index is 0.208. The summed E-state index contributed by atoms with van der Waals surface area (Å²) in [5.74, 6) is -0.480. The Hall–Kier alpha value is -1.16. The summed E-state index contributed by atoms with van der Waals surface area (Å²) in [6.07, 6.45) is 0. The summed E-state index contributed by atoms with van der Waals surface area (Å²) in [7, 11) is 1.65. The van der Waals surface area contributed by atoms with Crippen LogP contribution in [0.2, 0.25) is 0 Å². The minimum Gasteiger partial charge on any atom is -0.314 e. The van der Waals surface area contributed by atoms with Gasteiger partial charge in [0.25, 0.3) is 5.91 Å². The van der Waals surface area contributed by atoms with Crippen molar-refractivity contribution < 1.29 is 9.59 Å². The maximum absolute atomic E-state index is 12.1. The van der Waals surface area contributed by atoms with Crippen molar-refractivity contribution >= 4 is 33.3 Å². The van der Waals surface area contributed by atoms with Crippen LogP contribution in [0.1, 0.15) is 13.8 Å². The van der Waals surface area contributed by atoms with Gasteiger partial charge in [-0.05, 0) is 26.0 Å². The number of benzene rings is 1. The second-order valence-electron chi connectivity index (χ2n) is 3.76. The van der Waals surface area contributed by atoms with Crippen molar-refractivity contribution in [3.63, 3.8) is 0 Å². The van der Waals surface area contributed by atoms with E-state index >= 15 is 0 Å². The van der Waals surface area contributed by atoms with Gasteiger partial charge in [-0.2, -0.15) is 0 Å². The number of nitrogens with zero attached hydrogens (tertiary/aromatic N) is 1. The average molecular weight is 284 g/mol. The van der Waals surface area contributed by atoms with Gasteiger partial charge in [-0.25, -0.2) is 0 Å². The molecule has 0 fully saturated rings. The molecule has 1 atom stereocenters. The number of anilines is 1. The molecule has 16 heavy (non-hydrogen) atoms. The van der Waals surface area contributed by atoms with E-state index in [9.17, 15) is 9.59 Å². The molecule has 1 aromatic rings. The number of ketones is 1. The van der Waals surface area contributed by atoms with Crippen LogP contribution < -0.4 is 4.90 Å². The molecule has 86 valence electrons. The zero-order chi connectivity index (χ0) is 12.3. The van der Waals surface area contributed by atoms with E-state index < -0.39 is 4.32 Å². The highest BCUT2D eigenvalue weighted by Gasteiger charge is 2.37. The van der Waals surface area contributed by atoms with E-state index in [0.717, 1.165) is 5.69 Å². The number of carbonyl (C=O) groups excluding carboxylic acids is 2. The third kappa shape index (κ3) is 2.50. The van der Waals surface area contributed by atoms with Gasteiger partial charge in [0.05, 0.1) is 0 Å². The van der Waals surface area contributed by atoms with Crippen molar-refractivity contribution in [2.45, 2.75) is 18.2 Å². The van der Waals surface area contributed by atoms with E-state index in [1.54, 1.807) is 14.0 Å². The Kier molecular flexibility index (Phi) is 3.86. The molecule has 1 amide bonds. The predicted octanol–water partition coefficient (Wildman–Crippen LogP) is 2.39. The highest BCUT2D eigenvalue weighted by Crippen LogP contribution is 2.24. The molecular formula is C12H14BrNO2. The molecule has 0 aromatic heterocycles. The van der Waals surface area contributed by atoms with Gasteiger partial charge in [0.1, 0.15) is 0 Å². The lowest BCUT2D eigenvalue weighted by Gasteiger charge is -2.25. The van der Waals surface area contributed by atoms with Crippen LogP contribution in [-0.2, 0) is 9.59 Å². The molecule has 0 saturated heterocycles. The molecule has 0 saturated carbocycles. The Morgan fingerprint density at radius 2 is 1.75 bits per heavy atom. The highest BCUT2D eigenvalue weighted by atomic mass is 79.9. The van der Waals surface area contributed by atoms with Crippen molar-refractivity contribution in [1.29, 1.82) is 0 Å². The highest BCUT2D eigenvalue weighted by molar-refractivity contribution is 9.10. The van der Waals surface area contributed by atoms with Crippen molar-refractivity contribution in [2.75, 3.05) is 11.9 Å². The van der Waals surface area contributed by atoms with Gasteiger partial charge in [0.2, 0.25) is 0 Å². The fourth-order valence-corrected chi connectivity index (χ4v) is 1.50. The lowest BCUT2D eigenvalue weighted by atomic mass is 10.1. The average Bonchev–Trinajstić information content (AvgIpc) is 2.28. The number of amides is 1. The lowest BCUT2D eigenvalue weighted by Crippen LogP contribution is -2.45. The van der Waals surface area contributed by atoms with Crippen LogP contribution in [0.4, 0.5) is 5.69 Å². The molecule has 0 aliphatic rings. The minimum atomic E-state index is -1.16. The number of alkyl halides is 1. The smallest absolute Gasteiger partial charge is 0.250 e. The van der Waals surface area contributed by atoms with Crippen molar-refractivity contribution in [2.24, 2.45) is 0 Å².